The first-order chi connectivity index (χ1) is 14.5. The first-order valence-electron chi connectivity index (χ1n) is 8.87. The second-order valence-electron chi connectivity index (χ2n) is 6.12. The number of nitrogens with one attached hydrogen (secondary N) is 2. The number of nitrogens with zero attached hydrogens (tertiary/aromatic N) is 1. The fourth-order valence-corrected chi connectivity index (χ4v) is 2.85. The molecule has 0 aliphatic rings. The summed E-state index contributed by atoms with van der Waals surface area (Å²) in [5, 5.41) is 7.26. The Balaban J connectivity index is 1.45. The van der Waals surface area contributed by atoms with E-state index >= 15 is 0 Å². The van der Waals surface area contributed by atoms with Gasteiger partial charge in [0.2, 0.25) is 0 Å². The van der Waals surface area contributed by atoms with Crippen molar-refractivity contribution in [2.24, 2.45) is 5.10 Å². The predicted octanol–water partition coefficient (Wildman–Crippen LogP) is 4.73. The van der Waals surface area contributed by atoms with Gasteiger partial charge in [-0.05, 0) is 101 Å². The van der Waals surface area contributed by atoms with Crippen LogP contribution in [-0.2, 0) is 4.79 Å². The second kappa shape index (κ2) is 10.7. The van der Waals surface area contributed by atoms with Crippen molar-refractivity contribution in [3.8, 4) is 5.75 Å². The van der Waals surface area contributed by atoms with Crippen molar-refractivity contribution < 1.29 is 14.3 Å². The van der Waals surface area contributed by atoms with Crippen LogP contribution in [0.1, 0.15) is 15.9 Å². The number of hydrogen-bond donors (Lipinski definition) is 2. The summed E-state index contributed by atoms with van der Waals surface area (Å²) < 4.78 is 6.58. The predicted molar refractivity (Wildman–Crippen MR) is 126 cm³/mol. The van der Waals surface area contributed by atoms with Gasteiger partial charge in [0.05, 0.1) is 6.21 Å². The smallest absolute Gasteiger partial charge is 0.271 e. The lowest BCUT2D eigenvalue weighted by Gasteiger charge is -2.08. The number of amides is 2. The molecule has 6 nitrogen and oxygen atoms in total. The third-order valence-corrected chi connectivity index (χ3v) is 4.84. The van der Waals surface area contributed by atoms with Gasteiger partial charge < -0.3 is 10.1 Å². The summed E-state index contributed by atoms with van der Waals surface area (Å²) >= 11 is 8.00. The van der Waals surface area contributed by atoms with Crippen molar-refractivity contribution in [1.82, 2.24) is 5.43 Å². The molecule has 152 valence electrons. The Kier molecular flexibility index (Phi) is 7.81. The van der Waals surface area contributed by atoms with Crippen LogP contribution in [-0.4, -0.2) is 24.6 Å². The number of rotatable bonds is 7. The molecule has 0 heterocycles. The molecule has 0 atom stereocenters. The van der Waals surface area contributed by atoms with E-state index in [0.29, 0.717) is 16.3 Å². The minimum atomic E-state index is -0.331. The van der Waals surface area contributed by atoms with E-state index in [1.165, 1.54) is 6.21 Å². The maximum Gasteiger partial charge on any atom is 0.271 e. The first kappa shape index (κ1) is 21.8. The second-order valence-corrected chi connectivity index (χ2v) is 7.80. The van der Waals surface area contributed by atoms with Crippen molar-refractivity contribution >= 4 is 57.9 Å². The maximum absolute atomic E-state index is 12.0. The third kappa shape index (κ3) is 6.85. The standard InChI is InChI=1S/C22H17ClIN3O3/c23-17-5-3-16(4-6-17)22(29)27-25-13-15-1-11-20(12-2-15)30-14-21(28)26-19-9-7-18(24)8-10-19/h1-13H,14H2,(H,26,28)(H,27,29)/b25-13-. The molecule has 3 aromatic carbocycles. The Morgan fingerprint density at radius 1 is 0.967 bits per heavy atom. The van der Waals surface area contributed by atoms with Crippen LogP contribution in [0, 0.1) is 3.57 Å². The molecule has 0 fully saturated rings. The van der Waals surface area contributed by atoms with Crippen molar-refractivity contribution in [3.05, 3.63) is 92.5 Å². The maximum atomic E-state index is 12.0. The topological polar surface area (TPSA) is 79.8 Å². The van der Waals surface area contributed by atoms with Gasteiger partial charge in [-0.15, -0.1) is 0 Å². The van der Waals surface area contributed by atoms with Crippen molar-refractivity contribution in [3.63, 3.8) is 0 Å². The number of benzene rings is 3. The molecular weight excluding hydrogens is 517 g/mol. The average Bonchev–Trinajstić information content (AvgIpc) is 2.75. The summed E-state index contributed by atoms with van der Waals surface area (Å²) in [6, 6.07) is 21.0. The molecule has 0 aliphatic carbocycles. The average molecular weight is 534 g/mol. The van der Waals surface area contributed by atoms with E-state index in [0.717, 1.165) is 14.8 Å². The van der Waals surface area contributed by atoms with Gasteiger partial charge in [-0.2, -0.15) is 5.10 Å². The summed E-state index contributed by atoms with van der Waals surface area (Å²) in [7, 11) is 0. The van der Waals surface area contributed by atoms with Gasteiger partial charge in [0.25, 0.3) is 11.8 Å². The van der Waals surface area contributed by atoms with Gasteiger partial charge in [0.1, 0.15) is 5.75 Å². The van der Waals surface area contributed by atoms with Crippen molar-refractivity contribution in [1.29, 1.82) is 0 Å². The molecule has 0 radical (unpaired) electrons. The zero-order chi connectivity index (χ0) is 21.3. The minimum Gasteiger partial charge on any atom is -0.484 e. The van der Waals surface area contributed by atoms with Gasteiger partial charge >= 0.3 is 0 Å². The summed E-state index contributed by atoms with van der Waals surface area (Å²) in [6.45, 7) is -0.101. The lowest BCUT2D eigenvalue weighted by Crippen LogP contribution is -2.20. The summed E-state index contributed by atoms with van der Waals surface area (Å²) in [4.78, 5) is 23.9. The summed E-state index contributed by atoms with van der Waals surface area (Å²) in [6.07, 6.45) is 1.51. The zero-order valence-corrected chi connectivity index (χ0v) is 18.6. The molecular formula is C22H17ClIN3O3. The Hall–Kier alpha value is -2.91. The normalized spacial score (nSPS) is 10.6. The third-order valence-electron chi connectivity index (χ3n) is 3.86. The van der Waals surface area contributed by atoms with Crippen LogP contribution in [0.4, 0.5) is 5.69 Å². The molecule has 8 heteroatoms. The number of anilines is 1. The van der Waals surface area contributed by atoms with E-state index in [4.69, 9.17) is 16.3 Å². The van der Waals surface area contributed by atoms with Crippen LogP contribution >= 0.6 is 34.2 Å². The number of hydrogen-bond acceptors (Lipinski definition) is 4. The molecule has 0 aliphatic heterocycles. The number of halogens is 2. The quantitative estimate of drug-likeness (QED) is 0.262. The van der Waals surface area contributed by atoms with Gasteiger partial charge in [-0.3, -0.25) is 9.59 Å². The lowest BCUT2D eigenvalue weighted by atomic mass is 10.2. The van der Waals surface area contributed by atoms with Crippen LogP contribution in [0.2, 0.25) is 5.02 Å². The van der Waals surface area contributed by atoms with Crippen molar-refractivity contribution in [2.75, 3.05) is 11.9 Å². The van der Waals surface area contributed by atoms with Crippen LogP contribution in [0.25, 0.3) is 0 Å². The molecule has 0 saturated carbocycles. The molecule has 0 bridgehead atoms. The van der Waals surface area contributed by atoms with Crippen LogP contribution in [0.5, 0.6) is 5.75 Å². The van der Waals surface area contributed by atoms with E-state index in [-0.39, 0.29) is 18.4 Å². The Morgan fingerprint density at radius 3 is 2.30 bits per heavy atom. The van der Waals surface area contributed by atoms with E-state index in [1.54, 1.807) is 48.5 Å². The van der Waals surface area contributed by atoms with Crippen molar-refractivity contribution in [2.45, 2.75) is 0 Å². The molecule has 3 rings (SSSR count). The molecule has 30 heavy (non-hydrogen) atoms. The number of ether oxygens (including phenoxy) is 1. The van der Waals surface area contributed by atoms with Gasteiger partial charge in [0, 0.05) is 19.8 Å². The van der Waals surface area contributed by atoms with Gasteiger partial charge in [-0.25, -0.2) is 5.43 Å². The monoisotopic (exact) mass is 533 g/mol. The Morgan fingerprint density at radius 2 is 1.63 bits per heavy atom. The van der Waals surface area contributed by atoms with Crippen LogP contribution < -0.4 is 15.5 Å². The number of hydrazone groups is 1. The van der Waals surface area contributed by atoms with E-state index in [2.05, 4.69) is 38.4 Å². The first-order valence-corrected chi connectivity index (χ1v) is 10.3. The molecule has 0 aromatic heterocycles. The highest BCUT2D eigenvalue weighted by Crippen LogP contribution is 2.13. The number of carbonyl (C=O) groups is 2. The summed E-state index contributed by atoms with van der Waals surface area (Å²) in [5.41, 5.74) is 4.40. The highest BCUT2D eigenvalue weighted by Gasteiger charge is 2.05. The number of carbonyl (C=O) groups excluding carboxylic acids is 2. The van der Waals surface area contributed by atoms with Crippen LogP contribution in [0.15, 0.2) is 77.9 Å². The Labute approximate surface area is 192 Å². The molecule has 3 aromatic rings. The minimum absolute atomic E-state index is 0.101. The largest absolute Gasteiger partial charge is 0.484 e. The van der Waals surface area contributed by atoms with E-state index < -0.39 is 0 Å². The lowest BCUT2D eigenvalue weighted by molar-refractivity contribution is -0.118. The SMILES string of the molecule is O=C(COc1ccc(/C=N\NC(=O)c2ccc(Cl)cc2)cc1)Nc1ccc(I)cc1. The fourth-order valence-electron chi connectivity index (χ4n) is 2.36. The fraction of sp³-hybridized carbons (Fsp3) is 0.0455. The molecule has 0 saturated heterocycles. The summed E-state index contributed by atoms with van der Waals surface area (Å²) in [5.74, 6) is -0.0242. The molecule has 0 unspecified atom stereocenters. The Bertz CT molecular complexity index is 1040. The molecule has 2 amide bonds. The highest BCUT2D eigenvalue weighted by atomic mass is 127. The van der Waals surface area contributed by atoms with Gasteiger partial charge in [-0.1, -0.05) is 11.6 Å². The highest BCUT2D eigenvalue weighted by molar-refractivity contribution is 14.1. The van der Waals surface area contributed by atoms with E-state index in [1.807, 2.05) is 24.3 Å². The van der Waals surface area contributed by atoms with Gasteiger partial charge in [0.15, 0.2) is 6.61 Å². The zero-order valence-electron chi connectivity index (χ0n) is 15.6. The van der Waals surface area contributed by atoms with E-state index in [9.17, 15) is 9.59 Å². The molecule has 0 spiro atoms. The molecule has 2 N–H and O–H groups in total. The van der Waals surface area contributed by atoms with Crippen LogP contribution in [0.3, 0.4) is 0 Å².